The first kappa shape index (κ1) is 44.6. The normalized spacial score (nSPS) is 18.7. The number of nitro groups is 1. The minimum atomic E-state index is -4.59. The van der Waals surface area contributed by atoms with Crippen LogP contribution in [0, 0.1) is 21.4 Å². The van der Waals surface area contributed by atoms with E-state index in [1.165, 1.54) is 30.0 Å². The van der Waals surface area contributed by atoms with Crippen LogP contribution in [0.5, 0.6) is 11.5 Å². The van der Waals surface area contributed by atoms with E-state index in [-0.39, 0.29) is 28.3 Å². The number of fused-ring (bicyclic) bond motifs is 1. The Labute approximate surface area is 369 Å². The van der Waals surface area contributed by atoms with Gasteiger partial charge in [0.05, 0.1) is 27.1 Å². The zero-order chi connectivity index (χ0) is 45.4. The molecule has 0 radical (unpaired) electrons. The van der Waals surface area contributed by atoms with Crippen molar-refractivity contribution in [2.75, 3.05) is 69.6 Å². The summed E-state index contributed by atoms with van der Waals surface area (Å²) in [5.74, 6) is -0.326. The number of aromatic amines is 1. The van der Waals surface area contributed by atoms with E-state index in [0.29, 0.717) is 50.7 Å². The van der Waals surface area contributed by atoms with E-state index in [9.17, 15) is 36.5 Å². The maximum Gasteiger partial charge on any atom is 0.416 e. The molecular formula is C46H51F3N8O6S. The second-order valence-electron chi connectivity index (χ2n) is 17.8. The summed E-state index contributed by atoms with van der Waals surface area (Å²) in [6.07, 6.45) is 2.35. The molecule has 18 heteroatoms. The molecule has 2 fully saturated rings. The third-order valence-corrected chi connectivity index (χ3v) is 13.8. The first-order valence-corrected chi connectivity index (χ1v) is 22.8. The molecule has 0 spiro atoms. The Morgan fingerprint density at radius 1 is 1.02 bits per heavy atom. The molecule has 8 rings (SSSR count). The topological polar surface area (TPSA) is 166 Å². The number of piperazine rings is 1. The van der Waals surface area contributed by atoms with Gasteiger partial charge in [0.15, 0.2) is 0 Å². The van der Waals surface area contributed by atoms with Gasteiger partial charge in [-0.2, -0.15) is 13.2 Å². The molecule has 0 bridgehead atoms. The number of nitro benzene ring substituents is 1. The highest BCUT2D eigenvalue weighted by atomic mass is 32.2. The summed E-state index contributed by atoms with van der Waals surface area (Å²) in [6.45, 7) is 9.95. The van der Waals surface area contributed by atoms with Gasteiger partial charge in [0.2, 0.25) is 0 Å². The maximum atomic E-state index is 13.9. The molecule has 0 saturated carbocycles. The van der Waals surface area contributed by atoms with E-state index in [4.69, 9.17) is 4.74 Å². The number of carbonyl (C=O) groups excluding carboxylic acids is 1. The fraction of sp³-hybridized carbons (Fsp3) is 0.391. The molecule has 3 aliphatic rings. The molecule has 1 amide bonds. The lowest BCUT2D eigenvalue weighted by Gasteiger charge is -2.39. The van der Waals surface area contributed by atoms with Crippen molar-refractivity contribution in [2.24, 2.45) is 11.3 Å². The summed E-state index contributed by atoms with van der Waals surface area (Å²) in [5, 5.41) is 15.9. The largest absolute Gasteiger partial charge is 0.455 e. The summed E-state index contributed by atoms with van der Waals surface area (Å²) >= 11 is 0. The summed E-state index contributed by atoms with van der Waals surface area (Å²) in [7, 11) is -2.58. The fourth-order valence-corrected chi connectivity index (χ4v) is 9.84. The van der Waals surface area contributed by atoms with Gasteiger partial charge in [-0.05, 0) is 110 Å². The lowest BCUT2D eigenvalue weighted by atomic mass is 9.72. The number of anilines is 2. The molecule has 2 saturated heterocycles. The Balaban J connectivity index is 1.000. The number of rotatable bonds is 13. The van der Waals surface area contributed by atoms with E-state index >= 15 is 0 Å². The number of hydrogen-bond donors (Lipinski definition) is 3. The third kappa shape index (κ3) is 10.2. The SMILES string of the molecule is CN1CCC(CNc2ccc(S(=O)(=O)NC(=O)c3ccc(N4CCN(CC5=C(c6ccc(C(F)(F)F)cc6)CC(C)(C)CC5)CC4)cc3Oc3cnc4[nH]ccc4c3)cc2[N+](=O)[O-])C1. The Kier molecular flexibility index (Phi) is 12.5. The average molecular weight is 901 g/mol. The van der Waals surface area contributed by atoms with Crippen LogP contribution in [0.15, 0.2) is 95.7 Å². The minimum Gasteiger partial charge on any atom is -0.455 e. The molecule has 3 aromatic carbocycles. The Morgan fingerprint density at radius 3 is 2.48 bits per heavy atom. The number of carbonyl (C=O) groups is 1. The lowest BCUT2D eigenvalue weighted by molar-refractivity contribution is -0.384. The van der Waals surface area contributed by atoms with Gasteiger partial charge in [-0.15, -0.1) is 0 Å². The van der Waals surface area contributed by atoms with Gasteiger partial charge in [0, 0.05) is 75.2 Å². The van der Waals surface area contributed by atoms with E-state index in [2.05, 4.69) is 48.6 Å². The fourth-order valence-electron chi connectivity index (χ4n) is 8.85. The molecule has 3 N–H and O–H groups in total. The van der Waals surface area contributed by atoms with Crippen molar-refractivity contribution in [1.82, 2.24) is 24.5 Å². The van der Waals surface area contributed by atoms with E-state index in [0.717, 1.165) is 79.2 Å². The average Bonchev–Trinajstić information content (AvgIpc) is 3.91. The van der Waals surface area contributed by atoms with Crippen molar-refractivity contribution < 1.29 is 36.0 Å². The van der Waals surface area contributed by atoms with Crippen LogP contribution < -0.4 is 19.7 Å². The highest BCUT2D eigenvalue weighted by Gasteiger charge is 2.33. The van der Waals surface area contributed by atoms with Gasteiger partial charge in [0.1, 0.15) is 22.8 Å². The lowest BCUT2D eigenvalue weighted by Crippen LogP contribution is -2.47. The molecule has 2 aromatic heterocycles. The second-order valence-corrected chi connectivity index (χ2v) is 19.5. The molecule has 1 aliphatic carbocycles. The predicted octanol–water partition coefficient (Wildman–Crippen LogP) is 8.55. The number of nitrogens with one attached hydrogen (secondary N) is 3. The molecular weight excluding hydrogens is 850 g/mol. The van der Waals surface area contributed by atoms with Crippen molar-refractivity contribution in [1.29, 1.82) is 0 Å². The van der Waals surface area contributed by atoms with E-state index in [1.54, 1.807) is 36.5 Å². The standard InChI is InChI=1S/C46H51F3N8O6S/c1-45(2)15-12-33(39(25-45)31-4-6-34(7-5-31)46(47,48)49)29-55-18-20-56(21-19-55)35-8-10-38(42(23-35)63-36-22-32-13-16-50-43(32)52-27-36)44(58)53-64(61,62)37-9-11-40(41(24-37)57(59)60)51-26-30-14-17-54(3)28-30/h4-11,13,16,22-24,27,30,51H,12,14-15,17-21,25-26,28-29H2,1-3H3,(H,50,52)(H,53,58). The highest BCUT2D eigenvalue weighted by molar-refractivity contribution is 7.90. The van der Waals surface area contributed by atoms with Crippen LogP contribution in [0.25, 0.3) is 16.6 Å². The van der Waals surface area contributed by atoms with E-state index < -0.39 is 43.2 Å². The summed E-state index contributed by atoms with van der Waals surface area (Å²) in [5.41, 5.74) is 3.54. The predicted molar refractivity (Wildman–Crippen MR) is 239 cm³/mol. The molecule has 5 aromatic rings. The van der Waals surface area contributed by atoms with Gasteiger partial charge in [-0.3, -0.25) is 19.8 Å². The van der Waals surface area contributed by atoms with Crippen LogP contribution in [0.2, 0.25) is 0 Å². The van der Waals surface area contributed by atoms with Gasteiger partial charge >= 0.3 is 6.18 Å². The van der Waals surface area contributed by atoms with Crippen LogP contribution >= 0.6 is 0 Å². The summed E-state index contributed by atoms with van der Waals surface area (Å²) in [4.78, 5) is 39.0. The van der Waals surface area contributed by atoms with Crippen LogP contribution in [0.4, 0.5) is 30.2 Å². The number of amides is 1. The first-order valence-electron chi connectivity index (χ1n) is 21.3. The number of sulfonamides is 1. The number of nitrogens with zero attached hydrogens (tertiary/aromatic N) is 5. The van der Waals surface area contributed by atoms with Crippen LogP contribution in [0.3, 0.4) is 0 Å². The van der Waals surface area contributed by atoms with Crippen molar-refractivity contribution in [3.63, 3.8) is 0 Å². The number of halogens is 3. The van der Waals surface area contributed by atoms with Gasteiger partial charge < -0.3 is 24.8 Å². The Hall–Kier alpha value is -5.98. The van der Waals surface area contributed by atoms with Crippen molar-refractivity contribution >= 4 is 49.6 Å². The molecule has 338 valence electrons. The quantitative estimate of drug-likeness (QED) is 0.0766. The second kappa shape index (κ2) is 17.9. The number of likely N-dealkylation sites (tertiary alicyclic amines) is 1. The molecule has 4 heterocycles. The maximum absolute atomic E-state index is 13.9. The van der Waals surface area contributed by atoms with Gasteiger partial charge in [0.25, 0.3) is 21.6 Å². The molecule has 1 atom stereocenters. The Morgan fingerprint density at radius 2 is 1.78 bits per heavy atom. The first-order chi connectivity index (χ1) is 30.4. The molecule has 64 heavy (non-hydrogen) atoms. The van der Waals surface area contributed by atoms with Crippen LogP contribution in [0.1, 0.15) is 61.0 Å². The number of alkyl halides is 3. The van der Waals surface area contributed by atoms with Crippen LogP contribution in [-0.2, 0) is 16.2 Å². The van der Waals surface area contributed by atoms with Gasteiger partial charge in [-0.1, -0.05) is 31.6 Å². The number of pyridine rings is 1. The molecule has 14 nitrogen and oxygen atoms in total. The number of benzene rings is 3. The Bertz CT molecular complexity index is 2700. The number of ether oxygens (including phenoxy) is 1. The zero-order valence-corrected chi connectivity index (χ0v) is 36.7. The molecule has 1 unspecified atom stereocenters. The van der Waals surface area contributed by atoms with Crippen molar-refractivity contribution in [3.8, 4) is 11.5 Å². The summed E-state index contributed by atoms with van der Waals surface area (Å²) < 4.78 is 75.8. The summed E-state index contributed by atoms with van der Waals surface area (Å²) in [6, 6.07) is 17.4. The van der Waals surface area contributed by atoms with Crippen molar-refractivity contribution in [2.45, 2.75) is 50.6 Å². The smallest absolute Gasteiger partial charge is 0.416 e. The number of aromatic nitrogens is 2. The number of hydrogen-bond acceptors (Lipinski definition) is 11. The van der Waals surface area contributed by atoms with E-state index in [1.807, 2.05) is 13.1 Å². The zero-order valence-electron chi connectivity index (χ0n) is 35.9. The highest BCUT2D eigenvalue weighted by Crippen LogP contribution is 2.44. The number of allylic oxidation sites excluding steroid dienone is 1. The minimum absolute atomic E-state index is 0.0205. The van der Waals surface area contributed by atoms with Gasteiger partial charge in [-0.25, -0.2) is 18.1 Å². The van der Waals surface area contributed by atoms with Crippen LogP contribution in [-0.4, -0.2) is 98.4 Å². The number of H-pyrrole nitrogens is 1. The van der Waals surface area contributed by atoms with Crippen molar-refractivity contribution in [3.05, 3.63) is 118 Å². The monoisotopic (exact) mass is 900 g/mol. The molecule has 2 aliphatic heterocycles. The third-order valence-electron chi connectivity index (χ3n) is 12.5.